The highest BCUT2D eigenvalue weighted by Gasteiger charge is 2.49. The van der Waals surface area contributed by atoms with E-state index < -0.39 is 12.0 Å². The van der Waals surface area contributed by atoms with E-state index in [1.807, 2.05) is 18.2 Å². The molecular formula is C24H23F3N2O3. The van der Waals surface area contributed by atoms with Crippen LogP contribution in [0.3, 0.4) is 0 Å². The van der Waals surface area contributed by atoms with Crippen molar-refractivity contribution >= 4 is 0 Å². The SMILES string of the molecule is FC(F)(F)Oc1ccc(-c2cnco2)c([C@@H]2CO[C@]3(CCCN[C@H]3c3ccccc3)C2)c1. The average molecular weight is 444 g/mol. The van der Waals surface area contributed by atoms with Crippen molar-refractivity contribution in [3.8, 4) is 17.1 Å². The molecule has 0 amide bonds. The van der Waals surface area contributed by atoms with Crippen molar-refractivity contribution in [1.82, 2.24) is 10.3 Å². The molecule has 0 aliphatic carbocycles. The number of nitrogens with one attached hydrogen (secondary N) is 1. The lowest BCUT2D eigenvalue weighted by atomic mass is 9.76. The first-order valence-corrected chi connectivity index (χ1v) is 10.6. The number of halogens is 3. The van der Waals surface area contributed by atoms with Crippen LogP contribution in [0.2, 0.25) is 0 Å². The van der Waals surface area contributed by atoms with E-state index in [0.29, 0.717) is 29.9 Å². The van der Waals surface area contributed by atoms with E-state index in [4.69, 9.17) is 9.15 Å². The Balaban J connectivity index is 1.50. The molecule has 0 bridgehead atoms. The van der Waals surface area contributed by atoms with Crippen molar-refractivity contribution < 1.29 is 27.1 Å². The fourth-order valence-electron chi connectivity index (χ4n) is 5.06. The second-order valence-corrected chi connectivity index (χ2v) is 8.34. The molecule has 3 aromatic rings. The summed E-state index contributed by atoms with van der Waals surface area (Å²) in [6, 6.07) is 14.5. The largest absolute Gasteiger partial charge is 0.573 e. The van der Waals surface area contributed by atoms with Crippen LogP contribution >= 0.6 is 0 Å². The molecule has 3 atom stereocenters. The Hall–Kier alpha value is -2.84. The predicted octanol–water partition coefficient (Wildman–Crippen LogP) is 5.61. The van der Waals surface area contributed by atoms with Gasteiger partial charge in [0.15, 0.2) is 12.2 Å². The highest BCUT2D eigenvalue weighted by atomic mass is 19.4. The lowest BCUT2D eigenvalue weighted by molar-refractivity contribution is -0.274. The van der Waals surface area contributed by atoms with Crippen LogP contribution < -0.4 is 10.1 Å². The normalized spacial score (nSPS) is 25.8. The minimum atomic E-state index is -4.76. The zero-order valence-electron chi connectivity index (χ0n) is 17.3. The maximum absolute atomic E-state index is 12.9. The Kier molecular flexibility index (Phi) is 5.43. The van der Waals surface area contributed by atoms with Crippen LogP contribution in [0.1, 0.15) is 42.3 Å². The highest BCUT2D eigenvalue weighted by molar-refractivity contribution is 5.64. The summed E-state index contributed by atoms with van der Waals surface area (Å²) < 4.78 is 54.7. The second-order valence-electron chi connectivity index (χ2n) is 8.34. The summed E-state index contributed by atoms with van der Waals surface area (Å²) in [5, 5.41) is 3.60. The smallest absolute Gasteiger partial charge is 0.444 e. The fourth-order valence-corrected chi connectivity index (χ4v) is 5.06. The quantitative estimate of drug-likeness (QED) is 0.567. The fraction of sp³-hybridized carbons (Fsp3) is 0.375. The van der Waals surface area contributed by atoms with E-state index in [1.54, 1.807) is 12.3 Å². The molecule has 168 valence electrons. The molecule has 32 heavy (non-hydrogen) atoms. The monoisotopic (exact) mass is 444 g/mol. The van der Waals surface area contributed by atoms with E-state index in [0.717, 1.165) is 24.9 Å². The minimum absolute atomic E-state index is 0.0192. The van der Waals surface area contributed by atoms with Crippen molar-refractivity contribution in [3.05, 3.63) is 72.2 Å². The maximum Gasteiger partial charge on any atom is 0.573 e. The molecule has 2 aliphatic heterocycles. The summed E-state index contributed by atoms with van der Waals surface area (Å²) in [5.74, 6) is 0.136. The number of rotatable bonds is 4. The van der Waals surface area contributed by atoms with Crippen LogP contribution in [0, 0.1) is 0 Å². The average Bonchev–Trinajstić information content (AvgIpc) is 3.45. The number of alkyl halides is 3. The molecule has 1 spiro atoms. The minimum Gasteiger partial charge on any atom is -0.444 e. The Labute approximate surface area is 183 Å². The first kappa shape index (κ1) is 21.0. The van der Waals surface area contributed by atoms with Crippen molar-refractivity contribution in [2.75, 3.05) is 13.2 Å². The van der Waals surface area contributed by atoms with Crippen LogP contribution in [-0.2, 0) is 4.74 Å². The van der Waals surface area contributed by atoms with Crippen LogP contribution in [0.25, 0.3) is 11.3 Å². The molecule has 8 heteroatoms. The molecule has 0 radical (unpaired) electrons. The summed E-state index contributed by atoms with van der Waals surface area (Å²) in [5.41, 5.74) is 2.13. The molecular weight excluding hydrogens is 421 g/mol. The number of piperidine rings is 1. The van der Waals surface area contributed by atoms with E-state index in [1.165, 1.54) is 18.5 Å². The topological polar surface area (TPSA) is 56.5 Å². The van der Waals surface area contributed by atoms with Gasteiger partial charge in [-0.05, 0) is 55.1 Å². The molecule has 1 aromatic heterocycles. The van der Waals surface area contributed by atoms with Gasteiger partial charge in [-0.3, -0.25) is 0 Å². The van der Waals surface area contributed by atoms with E-state index in [-0.39, 0.29) is 17.7 Å². The summed E-state index contributed by atoms with van der Waals surface area (Å²) in [6.07, 6.45) is 0.640. The Bertz CT molecular complexity index is 1060. The van der Waals surface area contributed by atoms with Gasteiger partial charge in [0.2, 0.25) is 0 Å². The molecule has 2 aromatic carbocycles. The molecule has 0 unspecified atom stereocenters. The van der Waals surface area contributed by atoms with Gasteiger partial charge in [0, 0.05) is 11.5 Å². The van der Waals surface area contributed by atoms with Crippen molar-refractivity contribution in [3.63, 3.8) is 0 Å². The zero-order chi connectivity index (χ0) is 22.2. The number of aromatic nitrogens is 1. The third-order valence-electron chi connectivity index (χ3n) is 6.34. The molecule has 1 N–H and O–H groups in total. The molecule has 3 heterocycles. The molecule has 0 saturated carbocycles. The molecule has 5 nitrogen and oxygen atoms in total. The summed E-state index contributed by atoms with van der Waals surface area (Å²) in [4.78, 5) is 3.96. The predicted molar refractivity (Wildman–Crippen MR) is 111 cm³/mol. The molecule has 5 rings (SSSR count). The zero-order valence-corrected chi connectivity index (χ0v) is 17.3. The Morgan fingerprint density at radius 2 is 1.97 bits per heavy atom. The van der Waals surface area contributed by atoms with Crippen molar-refractivity contribution in [1.29, 1.82) is 0 Å². The molecule has 2 saturated heterocycles. The van der Waals surface area contributed by atoms with Crippen LogP contribution in [0.4, 0.5) is 13.2 Å². The van der Waals surface area contributed by atoms with Gasteiger partial charge < -0.3 is 19.2 Å². The van der Waals surface area contributed by atoms with Gasteiger partial charge in [0.1, 0.15) is 5.75 Å². The van der Waals surface area contributed by atoms with E-state index >= 15 is 0 Å². The summed E-state index contributed by atoms with van der Waals surface area (Å²) in [7, 11) is 0. The lowest BCUT2D eigenvalue weighted by Crippen LogP contribution is -2.48. The number of benzene rings is 2. The van der Waals surface area contributed by atoms with Gasteiger partial charge in [0.25, 0.3) is 0 Å². The van der Waals surface area contributed by atoms with Crippen molar-refractivity contribution in [2.24, 2.45) is 0 Å². The van der Waals surface area contributed by atoms with E-state index in [2.05, 4.69) is 27.2 Å². The third-order valence-corrected chi connectivity index (χ3v) is 6.34. The van der Waals surface area contributed by atoms with Crippen LogP contribution in [0.5, 0.6) is 5.75 Å². The van der Waals surface area contributed by atoms with Gasteiger partial charge in [0.05, 0.1) is 24.4 Å². The first-order chi connectivity index (χ1) is 15.4. The third kappa shape index (κ3) is 4.12. The molecule has 2 aliphatic rings. The van der Waals surface area contributed by atoms with Gasteiger partial charge >= 0.3 is 6.36 Å². The Morgan fingerprint density at radius 1 is 1.12 bits per heavy atom. The van der Waals surface area contributed by atoms with Crippen LogP contribution in [0.15, 0.2) is 65.5 Å². The second kappa shape index (κ2) is 8.26. The number of oxazole rings is 1. The first-order valence-electron chi connectivity index (χ1n) is 10.6. The Morgan fingerprint density at radius 3 is 2.72 bits per heavy atom. The number of hydrogen-bond donors (Lipinski definition) is 1. The van der Waals surface area contributed by atoms with Gasteiger partial charge in [-0.15, -0.1) is 13.2 Å². The van der Waals surface area contributed by atoms with Crippen LogP contribution in [-0.4, -0.2) is 30.1 Å². The molecule has 2 fully saturated rings. The van der Waals surface area contributed by atoms with E-state index in [9.17, 15) is 13.2 Å². The summed E-state index contributed by atoms with van der Waals surface area (Å²) in [6.45, 7) is 1.30. The van der Waals surface area contributed by atoms with Gasteiger partial charge in [-0.25, -0.2) is 4.98 Å². The standard InChI is InChI=1S/C24H23F3N2O3/c25-24(26,27)32-18-7-8-19(21-13-28-15-30-21)20(11-18)17-12-23(31-14-17)9-4-10-29-22(23)16-5-2-1-3-6-16/h1-3,5-8,11,13,15,17,22,29H,4,9-10,12,14H2/t17-,22-,23+/m0/s1. The maximum atomic E-state index is 12.9. The van der Waals surface area contributed by atoms with Crippen molar-refractivity contribution in [2.45, 2.75) is 43.2 Å². The van der Waals surface area contributed by atoms with Gasteiger partial charge in [-0.1, -0.05) is 30.3 Å². The lowest BCUT2D eigenvalue weighted by Gasteiger charge is -2.41. The highest BCUT2D eigenvalue weighted by Crippen LogP contribution is 2.50. The summed E-state index contributed by atoms with van der Waals surface area (Å²) >= 11 is 0. The number of hydrogen-bond acceptors (Lipinski definition) is 5. The number of ether oxygens (including phenoxy) is 2. The number of nitrogens with zero attached hydrogens (tertiary/aromatic N) is 1. The van der Waals surface area contributed by atoms with Gasteiger partial charge in [-0.2, -0.15) is 0 Å².